The van der Waals surface area contributed by atoms with Gasteiger partial charge in [-0.1, -0.05) is 6.92 Å². The highest BCUT2D eigenvalue weighted by molar-refractivity contribution is 7.89. The number of nitrogens with zero attached hydrogens (tertiary/aromatic N) is 2. The first-order chi connectivity index (χ1) is 15.3. The summed E-state index contributed by atoms with van der Waals surface area (Å²) in [6.07, 6.45) is 3.30. The van der Waals surface area contributed by atoms with Crippen LogP contribution in [0, 0.1) is 0 Å². The van der Waals surface area contributed by atoms with Gasteiger partial charge in [-0.05, 0) is 38.3 Å². The number of piperidine rings is 1. The number of methoxy groups -OCH3 is 2. The number of esters is 1. The lowest BCUT2D eigenvalue weighted by molar-refractivity contribution is 0.0526. The molecule has 0 radical (unpaired) electrons. The highest BCUT2D eigenvalue weighted by Crippen LogP contribution is 2.41. The number of sulfonamides is 1. The number of anilines is 1. The van der Waals surface area contributed by atoms with Crippen molar-refractivity contribution in [1.29, 1.82) is 0 Å². The summed E-state index contributed by atoms with van der Waals surface area (Å²) in [7, 11) is -0.154. The molecule has 1 aliphatic rings. The number of aromatic nitrogens is 1. The van der Waals surface area contributed by atoms with E-state index in [1.165, 1.54) is 6.20 Å². The van der Waals surface area contributed by atoms with Gasteiger partial charge < -0.3 is 19.1 Å². The number of hydrogen-bond acceptors (Lipinski definition) is 8. The van der Waals surface area contributed by atoms with Gasteiger partial charge in [0.05, 0.1) is 37.7 Å². The molecule has 1 fully saturated rings. The van der Waals surface area contributed by atoms with E-state index in [4.69, 9.17) is 14.2 Å². The van der Waals surface area contributed by atoms with E-state index in [0.717, 1.165) is 0 Å². The van der Waals surface area contributed by atoms with E-state index in [1.807, 2.05) is 6.92 Å². The zero-order chi connectivity index (χ0) is 23.3. The molecule has 0 bridgehead atoms. The van der Waals surface area contributed by atoms with E-state index in [2.05, 4.69) is 14.6 Å². The minimum Gasteiger partial charge on any atom is -0.496 e. The first-order valence-electron chi connectivity index (χ1n) is 10.8. The Kier molecular flexibility index (Phi) is 7.78. The van der Waals surface area contributed by atoms with E-state index in [1.54, 1.807) is 33.3 Å². The number of carbonyl (C=O) groups is 1. The van der Waals surface area contributed by atoms with Crippen molar-refractivity contribution in [1.82, 2.24) is 9.71 Å². The third-order valence-electron chi connectivity index (χ3n) is 5.48. The molecule has 9 nitrogen and oxygen atoms in total. The Morgan fingerprint density at radius 3 is 2.41 bits per heavy atom. The summed E-state index contributed by atoms with van der Waals surface area (Å²) in [5.74, 6) is 0.791. The van der Waals surface area contributed by atoms with E-state index in [0.29, 0.717) is 66.0 Å². The topological polar surface area (TPSA) is 107 Å². The summed E-state index contributed by atoms with van der Waals surface area (Å²) in [4.78, 5) is 19.3. The smallest absolute Gasteiger partial charge is 0.341 e. The van der Waals surface area contributed by atoms with Crippen molar-refractivity contribution in [3.05, 3.63) is 23.9 Å². The summed E-state index contributed by atoms with van der Waals surface area (Å²) in [6, 6.07) is 3.42. The summed E-state index contributed by atoms with van der Waals surface area (Å²) in [5, 5.41) is 0.669. The molecule has 0 saturated carbocycles. The monoisotopic (exact) mass is 465 g/mol. The van der Waals surface area contributed by atoms with Crippen molar-refractivity contribution >= 4 is 32.6 Å². The predicted molar refractivity (Wildman–Crippen MR) is 123 cm³/mol. The number of ether oxygens (including phenoxy) is 3. The van der Waals surface area contributed by atoms with Crippen LogP contribution in [0.25, 0.3) is 10.9 Å². The van der Waals surface area contributed by atoms with Gasteiger partial charge in [0.1, 0.15) is 22.6 Å². The molecule has 1 saturated heterocycles. The third kappa shape index (κ3) is 5.07. The first kappa shape index (κ1) is 24.1. The molecule has 1 aromatic heterocycles. The molecule has 0 unspecified atom stereocenters. The standard InChI is InChI=1S/C22H31N3O6S/c1-5-13-32(27,28)24-15-9-11-25(12-10-15)21-16(22(26)31-6-2)14-23-20-18(30-4)8-7-17(29-3)19(20)21/h7-8,14-15,24H,5-6,9-13H2,1-4H3. The maximum Gasteiger partial charge on any atom is 0.341 e. The van der Waals surface area contributed by atoms with Gasteiger partial charge in [-0.3, -0.25) is 4.98 Å². The van der Waals surface area contributed by atoms with Crippen LogP contribution in [0.15, 0.2) is 18.3 Å². The molecule has 1 N–H and O–H groups in total. The average molecular weight is 466 g/mol. The van der Waals surface area contributed by atoms with Crippen LogP contribution in [-0.4, -0.2) is 65.1 Å². The van der Waals surface area contributed by atoms with Crippen LogP contribution in [0.1, 0.15) is 43.5 Å². The van der Waals surface area contributed by atoms with E-state index in [9.17, 15) is 13.2 Å². The normalized spacial score (nSPS) is 15.1. The van der Waals surface area contributed by atoms with Crippen LogP contribution >= 0.6 is 0 Å². The van der Waals surface area contributed by atoms with E-state index >= 15 is 0 Å². The number of pyridine rings is 1. The van der Waals surface area contributed by atoms with Gasteiger partial charge in [0.25, 0.3) is 0 Å². The second kappa shape index (κ2) is 10.4. The zero-order valence-electron chi connectivity index (χ0n) is 19.0. The molecule has 0 aliphatic carbocycles. The van der Waals surface area contributed by atoms with Crippen molar-refractivity contribution < 1.29 is 27.4 Å². The summed E-state index contributed by atoms with van der Waals surface area (Å²) >= 11 is 0. The molecular weight excluding hydrogens is 434 g/mol. The van der Waals surface area contributed by atoms with Gasteiger partial charge in [-0.25, -0.2) is 17.9 Å². The second-order valence-electron chi connectivity index (χ2n) is 7.63. The van der Waals surface area contributed by atoms with Crippen molar-refractivity contribution in [2.45, 2.75) is 39.2 Å². The summed E-state index contributed by atoms with van der Waals surface area (Å²) in [5.41, 5.74) is 1.59. The molecule has 176 valence electrons. The molecular formula is C22H31N3O6S. The van der Waals surface area contributed by atoms with Crippen molar-refractivity contribution in [2.75, 3.05) is 44.6 Å². The molecule has 1 aromatic carbocycles. The van der Waals surface area contributed by atoms with Gasteiger partial charge in [-0.2, -0.15) is 0 Å². The lowest BCUT2D eigenvalue weighted by Gasteiger charge is -2.35. The Morgan fingerprint density at radius 1 is 1.16 bits per heavy atom. The minimum absolute atomic E-state index is 0.117. The molecule has 10 heteroatoms. The average Bonchev–Trinajstić information content (AvgIpc) is 2.78. The van der Waals surface area contributed by atoms with Crippen molar-refractivity contribution in [3.8, 4) is 11.5 Å². The molecule has 0 amide bonds. The quantitative estimate of drug-likeness (QED) is 0.564. The summed E-state index contributed by atoms with van der Waals surface area (Å²) in [6.45, 7) is 4.96. The highest BCUT2D eigenvalue weighted by Gasteiger charge is 2.29. The van der Waals surface area contributed by atoms with Gasteiger partial charge in [0.15, 0.2) is 0 Å². The fraction of sp³-hybridized carbons (Fsp3) is 0.545. The second-order valence-corrected chi connectivity index (χ2v) is 9.51. The Balaban J connectivity index is 2.02. The fourth-order valence-electron chi connectivity index (χ4n) is 4.06. The molecule has 2 aromatic rings. The molecule has 1 aliphatic heterocycles. The van der Waals surface area contributed by atoms with E-state index in [-0.39, 0.29) is 18.4 Å². The fourth-order valence-corrected chi connectivity index (χ4v) is 5.46. The predicted octanol–water partition coefficient (Wildman–Crippen LogP) is 2.73. The third-order valence-corrected chi connectivity index (χ3v) is 7.12. The number of rotatable bonds is 9. The molecule has 0 atom stereocenters. The van der Waals surface area contributed by atoms with Crippen LogP contribution in [0.4, 0.5) is 5.69 Å². The van der Waals surface area contributed by atoms with E-state index < -0.39 is 16.0 Å². The number of hydrogen-bond donors (Lipinski definition) is 1. The molecule has 32 heavy (non-hydrogen) atoms. The molecule has 3 rings (SSSR count). The maximum absolute atomic E-state index is 12.8. The Labute approximate surface area is 189 Å². The lowest BCUT2D eigenvalue weighted by atomic mass is 10.0. The van der Waals surface area contributed by atoms with Crippen LogP contribution in [-0.2, 0) is 14.8 Å². The van der Waals surface area contributed by atoms with Gasteiger partial charge in [0.2, 0.25) is 10.0 Å². The van der Waals surface area contributed by atoms with Crippen molar-refractivity contribution in [2.24, 2.45) is 0 Å². The Morgan fingerprint density at radius 2 is 1.81 bits per heavy atom. The van der Waals surface area contributed by atoms with Crippen LogP contribution in [0.5, 0.6) is 11.5 Å². The SMILES string of the molecule is CCCS(=O)(=O)NC1CCN(c2c(C(=O)OCC)cnc3c(OC)ccc(OC)c23)CC1. The van der Waals surface area contributed by atoms with Gasteiger partial charge in [0, 0.05) is 25.3 Å². The van der Waals surface area contributed by atoms with Gasteiger partial charge >= 0.3 is 5.97 Å². The van der Waals surface area contributed by atoms with Crippen LogP contribution in [0.2, 0.25) is 0 Å². The Hall–Kier alpha value is -2.59. The minimum atomic E-state index is -3.29. The van der Waals surface area contributed by atoms with Crippen LogP contribution in [0.3, 0.4) is 0 Å². The lowest BCUT2D eigenvalue weighted by Crippen LogP contribution is -2.45. The molecule has 2 heterocycles. The number of benzene rings is 1. The number of carbonyl (C=O) groups excluding carboxylic acids is 1. The van der Waals surface area contributed by atoms with Crippen molar-refractivity contribution in [3.63, 3.8) is 0 Å². The number of fused-ring (bicyclic) bond motifs is 1. The van der Waals surface area contributed by atoms with Crippen LogP contribution < -0.4 is 19.1 Å². The maximum atomic E-state index is 12.8. The van der Waals surface area contributed by atoms with Gasteiger partial charge in [-0.15, -0.1) is 0 Å². The number of nitrogens with one attached hydrogen (secondary N) is 1. The summed E-state index contributed by atoms with van der Waals surface area (Å²) < 4.78 is 43.5. The largest absolute Gasteiger partial charge is 0.496 e. The first-order valence-corrected chi connectivity index (χ1v) is 12.5. The molecule has 0 spiro atoms. The zero-order valence-corrected chi connectivity index (χ0v) is 19.8. The Bertz CT molecular complexity index is 1070. The highest BCUT2D eigenvalue weighted by atomic mass is 32.2.